The van der Waals surface area contributed by atoms with Crippen LogP contribution in [0.5, 0.6) is 0 Å². The summed E-state index contributed by atoms with van der Waals surface area (Å²) in [5.74, 6) is 0. The lowest BCUT2D eigenvalue weighted by atomic mass is 10.1. The molecule has 26 heavy (non-hydrogen) atoms. The van der Waals surface area contributed by atoms with E-state index in [9.17, 15) is 4.79 Å². The molecule has 5 rings (SSSR count). The van der Waals surface area contributed by atoms with Crippen LogP contribution in [0.1, 0.15) is 24.1 Å². The van der Waals surface area contributed by atoms with Crippen molar-refractivity contribution in [1.82, 2.24) is 14.8 Å². The second kappa shape index (κ2) is 6.25. The molecule has 1 aromatic carbocycles. The minimum absolute atomic E-state index is 0.0707. The van der Waals surface area contributed by atoms with Crippen LogP contribution in [0.3, 0.4) is 0 Å². The van der Waals surface area contributed by atoms with Crippen molar-refractivity contribution in [2.75, 3.05) is 18.1 Å². The Bertz CT molecular complexity index is 976. The van der Waals surface area contributed by atoms with Gasteiger partial charge in [0.05, 0.1) is 31.5 Å². The highest BCUT2D eigenvalue weighted by molar-refractivity contribution is 5.74. The van der Waals surface area contributed by atoms with Gasteiger partial charge in [0, 0.05) is 24.6 Å². The summed E-state index contributed by atoms with van der Waals surface area (Å²) in [6.45, 7) is 2.57. The Kier molecular flexibility index (Phi) is 3.74. The zero-order valence-electron chi connectivity index (χ0n) is 14.4. The highest BCUT2D eigenvalue weighted by Crippen LogP contribution is 2.28. The minimum Gasteiger partial charge on any atom is -0.423 e. The monoisotopic (exact) mass is 352 g/mol. The van der Waals surface area contributed by atoms with E-state index >= 15 is 0 Å². The number of rotatable bonds is 3. The summed E-state index contributed by atoms with van der Waals surface area (Å²) in [5.41, 5.74) is 3.47. The molecule has 0 radical (unpaired) electrons. The van der Waals surface area contributed by atoms with Gasteiger partial charge in [0.15, 0.2) is 5.58 Å². The Labute approximate surface area is 150 Å². The second-order valence-electron chi connectivity index (χ2n) is 6.89. The van der Waals surface area contributed by atoms with Gasteiger partial charge in [-0.1, -0.05) is 12.1 Å². The molecule has 0 saturated carbocycles. The molecule has 7 heteroatoms. The quantitative estimate of drug-likeness (QED) is 0.719. The largest absolute Gasteiger partial charge is 0.423 e. The number of oxazole rings is 1. The molecule has 1 unspecified atom stereocenters. The van der Waals surface area contributed by atoms with Crippen LogP contribution in [0.25, 0.3) is 11.1 Å². The Morgan fingerprint density at radius 2 is 2.19 bits per heavy atom. The molecule has 3 aromatic rings. The highest BCUT2D eigenvalue weighted by atomic mass is 16.5. The summed E-state index contributed by atoms with van der Waals surface area (Å²) in [7, 11) is 0. The normalized spacial score (nSPS) is 19.8. The first-order chi connectivity index (χ1) is 12.8. The molecule has 0 spiro atoms. The van der Waals surface area contributed by atoms with Crippen LogP contribution in [0, 0.1) is 0 Å². The van der Waals surface area contributed by atoms with Gasteiger partial charge in [0.2, 0.25) is 0 Å². The number of benzene rings is 1. The molecular formula is C19H20N4O3. The third kappa shape index (κ3) is 2.68. The topological polar surface area (TPSA) is 73.4 Å². The molecule has 0 bridgehead atoms. The molecule has 4 heterocycles. The summed E-state index contributed by atoms with van der Waals surface area (Å²) in [4.78, 5) is 19.2. The van der Waals surface area contributed by atoms with Crippen molar-refractivity contribution in [3.05, 3.63) is 51.9 Å². The van der Waals surface area contributed by atoms with Crippen LogP contribution in [0.4, 0.5) is 6.01 Å². The number of fused-ring (bicyclic) bond motifs is 2. The van der Waals surface area contributed by atoms with Crippen LogP contribution >= 0.6 is 0 Å². The number of ether oxygens (including phenoxy) is 1. The smallest absolute Gasteiger partial charge is 0.298 e. The number of para-hydroxylation sites is 2. The third-order valence-corrected chi connectivity index (χ3v) is 5.19. The molecule has 134 valence electrons. The standard InChI is InChI=1S/C19H20N4O3/c24-18-10-13-12-25-9-7-15(13)21-23(18)11-14-4-3-8-22(14)19-20-16-5-1-2-6-17(16)26-19/h1-2,5-6,10,14H,3-4,7-9,11-12H2. The summed E-state index contributed by atoms with van der Waals surface area (Å²) in [6.07, 6.45) is 2.80. The molecule has 7 nitrogen and oxygen atoms in total. The minimum atomic E-state index is -0.0707. The summed E-state index contributed by atoms with van der Waals surface area (Å²) < 4.78 is 12.9. The number of aromatic nitrogens is 3. The molecule has 0 N–H and O–H groups in total. The molecule has 1 saturated heterocycles. The van der Waals surface area contributed by atoms with Gasteiger partial charge in [-0.05, 0) is 25.0 Å². The van der Waals surface area contributed by atoms with Gasteiger partial charge in [0.25, 0.3) is 11.6 Å². The fraction of sp³-hybridized carbons (Fsp3) is 0.421. The van der Waals surface area contributed by atoms with E-state index in [0.29, 0.717) is 25.8 Å². The predicted molar refractivity (Wildman–Crippen MR) is 96.2 cm³/mol. The van der Waals surface area contributed by atoms with Crippen molar-refractivity contribution >= 4 is 17.1 Å². The van der Waals surface area contributed by atoms with Crippen LogP contribution in [-0.2, 0) is 24.3 Å². The summed E-state index contributed by atoms with van der Waals surface area (Å²) >= 11 is 0. The molecule has 2 aliphatic rings. The Morgan fingerprint density at radius 1 is 1.27 bits per heavy atom. The molecule has 1 atom stereocenters. The van der Waals surface area contributed by atoms with E-state index in [2.05, 4.69) is 15.0 Å². The Hall–Kier alpha value is -2.67. The van der Waals surface area contributed by atoms with E-state index in [1.807, 2.05) is 24.3 Å². The van der Waals surface area contributed by atoms with Gasteiger partial charge in [-0.2, -0.15) is 10.1 Å². The lowest BCUT2D eigenvalue weighted by Crippen LogP contribution is -2.38. The molecule has 1 fully saturated rings. The van der Waals surface area contributed by atoms with Crippen LogP contribution < -0.4 is 10.5 Å². The van der Waals surface area contributed by atoms with E-state index in [1.165, 1.54) is 0 Å². The van der Waals surface area contributed by atoms with Crippen molar-refractivity contribution < 1.29 is 9.15 Å². The SMILES string of the molecule is O=c1cc2c(nn1CC1CCCN1c1nc3ccccc3o1)CCOC2. The Balaban J connectivity index is 1.43. The summed E-state index contributed by atoms with van der Waals surface area (Å²) in [5, 5.41) is 4.59. The maximum Gasteiger partial charge on any atom is 0.298 e. The van der Waals surface area contributed by atoms with Crippen molar-refractivity contribution in [2.45, 2.75) is 38.5 Å². The number of nitrogens with zero attached hydrogens (tertiary/aromatic N) is 4. The zero-order valence-corrected chi connectivity index (χ0v) is 14.4. The lowest BCUT2D eigenvalue weighted by molar-refractivity contribution is 0.108. The van der Waals surface area contributed by atoms with E-state index < -0.39 is 0 Å². The fourth-order valence-corrected chi connectivity index (χ4v) is 3.84. The number of hydrogen-bond donors (Lipinski definition) is 0. The van der Waals surface area contributed by atoms with Gasteiger partial charge in [0.1, 0.15) is 5.52 Å². The van der Waals surface area contributed by atoms with Gasteiger partial charge in [-0.3, -0.25) is 4.79 Å². The van der Waals surface area contributed by atoms with E-state index in [1.54, 1.807) is 10.7 Å². The average Bonchev–Trinajstić information content (AvgIpc) is 3.28. The first-order valence-corrected chi connectivity index (χ1v) is 9.08. The molecule has 2 aromatic heterocycles. The van der Waals surface area contributed by atoms with Crippen LogP contribution in [0.15, 0.2) is 39.5 Å². The van der Waals surface area contributed by atoms with Crippen molar-refractivity contribution in [3.8, 4) is 0 Å². The van der Waals surface area contributed by atoms with Crippen molar-refractivity contribution in [2.24, 2.45) is 0 Å². The predicted octanol–water partition coefficient (Wildman–Crippen LogP) is 2.13. The highest BCUT2D eigenvalue weighted by Gasteiger charge is 2.29. The van der Waals surface area contributed by atoms with Crippen molar-refractivity contribution in [3.63, 3.8) is 0 Å². The first-order valence-electron chi connectivity index (χ1n) is 9.08. The zero-order chi connectivity index (χ0) is 17.5. The van der Waals surface area contributed by atoms with Crippen LogP contribution in [-0.4, -0.2) is 34.0 Å². The summed E-state index contributed by atoms with van der Waals surface area (Å²) in [6, 6.07) is 10.2. The Morgan fingerprint density at radius 3 is 3.12 bits per heavy atom. The molecule has 2 aliphatic heterocycles. The van der Waals surface area contributed by atoms with Gasteiger partial charge < -0.3 is 14.1 Å². The number of anilines is 1. The van der Waals surface area contributed by atoms with E-state index in [0.717, 1.165) is 48.2 Å². The fourth-order valence-electron chi connectivity index (χ4n) is 3.84. The first kappa shape index (κ1) is 15.6. The van der Waals surface area contributed by atoms with Gasteiger partial charge in [-0.15, -0.1) is 0 Å². The van der Waals surface area contributed by atoms with E-state index in [4.69, 9.17) is 9.15 Å². The van der Waals surface area contributed by atoms with Crippen molar-refractivity contribution in [1.29, 1.82) is 0 Å². The van der Waals surface area contributed by atoms with Gasteiger partial charge >= 0.3 is 0 Å². The molecular weight excluding hydrogens is 332 g/mol. The maximum atomic E-state index is 12.5. The maximum absolute atomic E-state index is 12.5. The molecule has 0 aliphatic carbocycles. The lowest BCUT2D eigenvalue weighted by Gasteiger charge is -2.24. The average molecular weight is 352 g/mol. The van der Waals surface area contributed by atoms with E-state index in [-0.39, 0.29) is 11.6 Å². The second-order valence-corrected chi connectivity index (χ2v) is 6.89. The third-order valence-electron chi connectivity index (χ3n) is 5.19. The van der Waals surface area contributed by atoms with Crippen LogP contribution in [0.2, 0.25) is 0 Å². The van der Waals surface area contributed by atoms with Gasteiger partial charge in [-0.25, -0.2) is 4.68 Å². The number of hydrogen-bond acceptors (Lipinski definition) is 6. The molecule has 0 amide bonds.